The molecule has 0 unspecified atom stereocenters. The van der Waals surface area contributed by atoms with Gasteiger partial charge < -0.3 is 19.7 Å². The number of benzene rings is 2. The van der Waals surface area contributed by atoms with Gasteiger partial charge in [-0.3, -0.25) is 4.79 Å². The van der Waals surface area contributed by atoms with E-state index in [-0.39, 0.29) is 18.6 Å². The highest BCUT2D eigenvalue weighted by Crippen LogP contribution is 2.38. The number of carboxylic acid groups (broad SMARTS) is 1. The summed E-state index contributed by atoms with van der Waals surface area (Å²) in [6.45, 7) is 11.7. The highest BCUT2D eigenvalue weighted by atomic mass is 16.5. The van der Waals surface area contributed by atoms with Crippen molar-refractivity contribution in [2.24, 2.45) is 0 Å². The van der Waals surface area contributed by atoms with Crippen LogP contribution in [0.5, 0.6) is 5.75 Å². The second-order valence-electron chi connectivity index (χ2n) is 7.95. The number of nitrogens with one attached hydrogen (secondary N) is 1. The third-order valence-electron chi connectivity index (χ3n) is 5.36. The predicted molar refractivity (Wildman–Crippen MR) is 119 cm³/mol. The zero-order valence-corrected chi connectivity index (χ0v) is 18.0. The van der Waals surface area contributed by atoms with Gasteiger partial charge >= 0.3 is 5.97 Å². The maximum atomic E-state index is 10.8. The number of hydrogen-bond donors (Lipinski definition) is 2. The number of carbonyl (C=O) groups is 1. The SMILES string of the molecule is [C-]#[N+]c1cc(-c2nc(-c3cccc4c3CC[C@H]4NCCC(=O)O)no2)ccc1OC(C)C. The van der Waals surface area contributed by atoms with Crippen molar-refractivity contribution >= 4 is 11.7 Å². The fourth-order valence-corrected chi connectivity index (χ4v) is 3.97. The molecule has 1 aliphatic rings. The van der Waals surface area contributed by atoms with Crippen LogP contribution >= 0.6 is 0 Å². The zero-order chi connectivity index (χ0) is 22.7. The molecular formula is C24H24N4O4. The summed E-state index contributed by atoms with van der Waals surface area (Å²) < 4.78 is 11.2. The number of hydrogen-bond acceptors (Lipinski definition) is 6. The molecule has 1 aliphatic carbocycles. The number of carboxylic acids is 1. The predicted octanol–water partition coefficient (Wildman–Crippen LogP) is 4.79. The fraction of sp³-hybridized carbons (Fsp3) is 0.333. The standard InChI is InChI=1S/C24H24N4O4/c1-14(2)31-21-10-7-15(13-20(21)25-3)24-27-23(28-32-24)18-6-4-5-17-16(18)8-9-19(17)26-12-11-22(29)30/h4-7,10,13-14,19,26H,8-9,11-12H2,1-2H3,(H,29,30)/t19-/m1/s1. The molecule has 4 rings (SSSR count). The van der Waals surface area contributed by atoms with Gasteiger partial charge in [0.15, 0.2) is 0 Å². The van der Waals surface area contributed by atoms with Crippen LogP contribution in [0, 0.1) is 6.57 Å². The molecule has 0 bridgehead atoms. The molecular weight excluding hydrogens is 408 g/mol. The Labute approximate surface area is 186 Å². The Hall–Kier alpha value is -3.70. The van der Waals surface area contributed by atoms with Crippen molar-refractivity contribution in [3.63, 3.8) is 0 Å². The van der Waals surface area contributed by atoms with Crippen molar-refractivity contribution in [3.05, 3.63) is 58.9 Å². The summed E-state index contributed by atoms with van der Waals surface area (Å²) in [5, 5.41) is 16.4. The lowest BCUT2D eigenvalue weighted by molar-refractivity contribution is -0.136. The van der Waals surface area contributed by atoms with Gasteiger partial charge in [-0.2, -0.15) is 4.98 Å². The second kappa shape index (κ2) is 9.20. The molecule has 0 aliphatic heterocycles. The number of aliphatic carboxylic acids is 1. The van der Waals surface area contributed by atoms with Gasteiger partial charge in [-0.25, -0.2) is 4.85 Å². The lowest BCUT2D eigenvalue weighted by atomic mass is 10.0. The maximum Gasteiger partial charge on any atom is 0.304 e. The molecule has 2 aromatic carbocycles. The van der Waals surface area contributed by atoms with Crippen LogP contribution in [-0.4, -0.2) is 33.9 Å². The lowest BCUT2D eigenvalue weighted by Gasteiger charge is -2.13. The summed E-state index contributed by atoms with van der Waals surface area (Å²) in [7, 11) is 0. The molecule has 164 valence electrons. The van der Waals surface area contributed by atoms with E-state index < -0.39 is 5.97 Å². The Kier molecular flexibility index (Phi) is 6.19. The number of fused-ring (bicyclic) bond motifs is 1. The monoisotopic (exact) mass is 432 g/mol. The first-order valence-electron chi connectivity index (χ1n) is 10.6. The van der Waals surface area contributed by atoms with Crippen LogP contribution in [0.2, 0.25) is 0 Å². The van der Waals surface area contributed by atoms with Crippen molar-refractivity contribution in [2.45, 2.75) is 45.3 Å². The molecule has 0 radical (unpaired) electrons. The molecule has 1 aromatic heterocycles. The summed E-state index contributed by atoms with van der Waals surface area (Å²) in [5.74, 6) is 0.553. The van der Waals surface area contributed by atoms with Gasteiger partial charge in [0, 0.05) is 23.7 Å². The molecule has 0 saturated carbocycles. The van der Waals surface area contributed by atoms with E-state index in [1.807, 2.05) is 32.0 Å². The highest BCUT2D eigenvalue weighted by Gasteiger charge is 2.26. The van der Waals surface area contributed by atoms with Gasteiger partial charge in [0.05, 0.1) is 19.1 Å². The molecule has 0 saturated heterocycles. The third kappa shape index (κ3) is 4.48. The van der Waals surface area contributed by atoms with Crippen LogP contribution in [0.3, 0.4) is 0 Å². The zero-order valence-electron chi connectivity index (χ0n) is 18.0. The molecule has 0 fully saturated rings. The van der Waals surface area contributed by atoms with Crippen LogP contribution in [0.1, 0.15) is 43.9 Å². The fourth-order valence-electron chi connectivity index (χ4n) is 3.97. The first-order valence-corrected chi connectivity index (χ1v) is 10.6. The number of rotatable bonds is 8. The molecule has 3 aromatic rings. The normalized spacial score (nSPS) is 14.9. The van der Waals surface area contributed by atoms with E-state index in [2.05, 4.69) is 26.4 Å². The first kappa shape index (κ1) is 21.5. The van der Waals surface area contributed by atoms with E-state index in [9.17, 15) is 4.79 Å². The summed E-state index contributed by atoms with van der Waals surface area (Å²) >= 11 is 0. The van der Waals surface area contributed by atoms with Crippen LogP contribution in [0.25, 0.3) is 27.7 Å². The Morgan fingerprint density at radius 2 is 2.22 bits per heavy atom. The van der Waals surface area contributed by atoms with Crippen molar-refractivity contribution < 1.29 is 19.2 Å². The third-order valence-corrected chi connectivity index (χ3v) is 5.36. The van der Waals surface area contributed by atoms with E-state index >= 15 is 0 Å². The Morgan fingerprint density at radius 3 is 2.97 bits per heavy atom. The molecule has 8 heteroatoms. The smallest absolute Gasteiger partial charge is 0.304 e. The van der Waals surface area contributed by atoms with E-state index in [4.69, 9.17) is 20.9 Å². The van der Waals surface area contributed by atoms with Gasteiger partial charge in [-0.1, -0.05) is 23.4 Å². The minimum Gasteiger partial charge on any atom is -0.502 e. The molecule has 0 spiro atoms. The highest BCUT2D eigenvalue weighted by molar-refractivity contribution is 5.70. The largest absolute Gasteiger partial charge is 0.502 e. The number of aromatic nitrogens is 2. The van der Waals surface area contributed by atoms with E-state index in [1.54, 1.807) is 12.1 Å². The average Bonchev–Trinajstić information content (AvgIpc) is 3.41. The summed E-state index contributed by atoms with van der Waals surface area (Å²) in [6.07, 6.45) is 1.80. The van der Waals surface area contributed by atoms with E-state index in [1.165, 1.54) is 0 Å². The molecule has 0 amide bonds. The van der Waals surface area contributed by atoms with Crippen molar-refractivity contribution in [1.82, 2.24) is 15.5 Å². The van der Waals surface area contributed by atoms with Crippen molar-refractivity contribution in [3.8, 4) is 28.6 Å². The second-order valence-corrected chi connectivity index (χ2v) is 7.95. The number of nitrogens with zero attached hydrogens (tertiary/aromatic N) is 3. The minimum atomic E-state index is -0.811. The Balaban J connectivity index is 1.58. The van der Waals surface area contributed by atoms with Gasteiger partial charge in [-0.05, 0) is 56.0 Å². The minimum absolute atomic E-state index is 0.0287. The Bertz CT molecular complexity index is 1180. The van der Waals surface area contributed by atoms with Crippen LogP contribution < -0.4 is 10.1 Å². The van der Waals surface area contributed by atoms with Gasteiger partial charge in [0.1, 0.15) is 5.75 Å². The maximum absolute atomic E-state index is 10.8. The molecule has 32 heavy (non-hydrogen) atoms. The van der Waals surface area contributed by atoms with Gasteiger partial charge in [0.2, 0.25) is 11.5 Å². The quantitative estimate of drug-likeness (QED) is 0.493. The molecule has 1 heterocycles. The van der Waals surface area contributed by atoms with Crippen LogP contribution in [-0.2, 0) is 11.2 Å². The first-order chi connectivity index (χ1) is 15.5. The summed E-state index contributed by atoms with van der Waals surface area (Å²) in [5.41, 5.74) is 4.25. The summed E-state index contributed by atoms with van der Waals surface area (Å²) in [6, 6.07) is 11.3. The van der Waals surface area contributed by atoms with E-state index in [0.717, 1.165) is 29.5 Å². The molecule has 2 N–H and O–H groups in total. The van der Waals surface area contributed by atoms with Crippen LogP contribution in [0.4, 0.5) is 5.69 Å². The van der Waals surface area contributed by atoms with Gasteiger partial charge in [-0.15, -0.1) is 0 Å². The topological polar surface area (TPSA) is 102 Å². The van der Waals surface area contributed by atoms with Crippen LogP contribution in [0.15, 0.2) is 40.9 Å². The average molecular weight is 432 g/mol. The Morgan fingerprint density at radius 1 is 1.38 bits per heavy atom. The lowest BCUT2D eigenvalue weighted by Crippen LogP contribution is -2.22. The van der Waals surface area contributed by atoms with Crippen molar-refractivity contribution in [2.75, 3.05) is 6.54 Å². The molecule has 1 atom stereocenters. The molecule has 8 nitrogen and oxygen atoms in total. The summed E-state index contributed by atoms with van der Waals surface area (Å²) in [4.78, 5) is 18.9. The number of ether oxygens (including phenoxy) is 1. The van der Waals surface area contributed by atoms with Gasteiger partial charge in [0.25, 0.3) is 5.89 Å². The van der Waals surface area contributed by atoms with E-state index in [0.29, 0.717) is 35.3 Å². The van der Waals surface area contributed by atoms with Crippen molar-refractivity contribution in [1.29, 1.82) is 0 Å².